The van der Waals surface area contributed by atoms with Crippen LogP contribution in [0.5, 0.6) is 11.5 Å². The highest BCUT2D eigenvalue weighted by Crippen LogP contribution is 2.43. The third-order valence-electron chi connectivity index (χ3n) is 5.09. The zero-order valence-corrected chi connectivity index (χ0v) is 14.0. The largest absolute Gasteiger partial charge is 0.485 e. The van der Waals surface area contributed by atoms with E-state index in [1.807, 2.05) is 12.4 Å². The van der Waals surface area contributed by atoms with Crippen molar-refractivity contribution >= 4 is 23.2 Å². The minimum atomic E-state index is -0.378. The number of nitrogens with zero attached hydrogens (tertiary/aromatic N) is 2. The first-order valence-corrected chi connectivity index (χ1v) is 8.91. The Balaban J connectivity index is 1.55. The molecule has 23 heavy (non-hydrogen) atoms. The summed E-state index contributed by atoms with van der Waals surface area (Å²) in [5.41, 5.74) is -0.378. The van der Waals surface area contributed by atoms with E-state index in [-0.39, 0.29) is 17.2 Å². The number of amides is 2. The maximum atomic E-state index is 12.9. The van der Waals surface area contributed by atoms with E-state index in [9.17, 15) is 9.59 Å². The quantitative estimate of drug-likeness (QED) is 0.782. The summed E-state index contributed by atoms with van der Waals surface area (Å²) >= 11 is 1.36. The SMILES string of the molecule is CN1CCC[C@]2(CCN(C(=O)c3scc4c3OCCO4)C2)C1=O. The average molecular weight is 336 g/mol. The Labute approximate surface area is 139 Å². The molecule has 3 aliphatic rings. The molecule has 0 bridgehead atoms. The fourth-order valence-corrected chi connectivity index (χ4v) is 4.74. The molecule has 0 aliphatic carbocycles. The first kappa shape index (κ1) is 14.8. The Morgan fingerprint density at radius 3 is 2.96 bits per heavy atom. The molecular formula is C16H20N2O4S. The van der Waals surface area contributed by atoms with Crippen LogP contribution in [-0.2, 0) is 4.79 Å². The molecule has 4 rings (SSSR count). The van der Waals surface area contributed by atoms with E-state index in [4.69, 9.17) is 9.47 Å². The molecule has 1 aromatic rings. The van der Waals surface area contributed by atoms with Gasteiger partial charge in [-0.3, -0.25) is 9.59 Å². The lowest BCUT2D eigenvalue weighted by Gasteiger charge is -2.37. The second-order valence-electron chi connectivity index (χ2n) is 6.54. The molecule has 0 N–H and O–H groups in total. The highest BCUT2D eigenvalue weighted by atomic mass is 32.1. The van der Waals surface area contributed by atoms with Gasteiger partial charge in [0.2, 0.25) is 5.91 Å². The van der Waals surface area contributed by atoms with Gasteiger partial charge in [0.05, 0.1) is 5.41 Å². The van der Waals surface area contributed by atoms with Gasteiger partial charge in [-0.1, -0.05) is 0 Å². The van der Waals surface area contributed by atoms with Crippen LogP contribution in [-0.4, -0.2) is 61.5 Å². The summed E-state index contributed by atoms with van der Waals surface area (Å²) in [5.74, 6) is 1.37. The van der Waals surface area contributed by atoms with Gasteiger partial charge in [-0.05, 0) is 19.3 Å². The predicted octanol–water partition coefficient (Wildman–Crippen LogP) is 1.60. The van der Waals surface area contributed by atoms with Crippen molar-refractivity contribution in [3.05, 3.63) is 10.3 Å². The van der Waals surface area contributed by atoms with Crippen LogP contribution in [0.3, 0.4) is 0 Å². The van der Waals surface area contributed by atoms with Gasteiger partial charge in [-0.25, -0.2) is 0 Å². The van der Waals surface area contributed by atoms with Crippen LogP contribution < -0.4 is 9.47 Å². The number of fused-ring (bicyclic) bond motifs is 1. The van der Waals surface area contributed by atoms with E-state index in [0.717, 1.165) is 25.8 Å². The monoisotopic (exact) mass is 336 g/mol. The number of piperidine rings is 1. The molecule has 2 amide bonds. The average Bonchev–Trinajstić information content (AvgIpc) is 3.17. The first-order valence-electron chi connectivity index (χ1n) is 8.03. The fourth-order valence-electron chi connectivity index (χ4n) is 3.85. The van der Waals surface area contributed by atoms with Crippen molar-refractivity contribution in [3.8, 4) is 11.5 Å². The van der Waals surface area contributed by atoms with E-state index in [1.165, 1.54) is 11.3 Å². The lowest BCUT2D eigenvalue weighted by atomic mass is 9.78. The molecule has 1 spiro atoms. The van der Waals surface area contributed by atoms with Crippen LogP contribution in [0.1, 0.15) is 28.9 Å². The number of ether oxygens (including phenoxy) is 2. The Kier molecular flexibility index (Phi) is 3.48. The summed E-state index contributed by atoms with van der Waals surface area (Å²) in [6.07, 6.45) is 2.64. The van der Waals surface area contributed by atoms with Crippen molar-refractivity contribution in [3.63, 3.8) is 0 Å². The van der Waals surface area contributed by atoms with Gasteiger partial charge in [0.1, 0.15) is 18.1 Å². The van der Waals surface area contributed by atoms with Crippen molar-refractivity contribution in [2.24, 2.45) is 5.41 Å². The van der Waals surface area contributed by atoms with Crippen molar-refractivity contribution in [1.29, 1.82) is 0 Å². The van der Waals surface area contributed by atoms with Gasteiger partial charge in [0.25, 0.3) is 5.91 Å². The van der Waals surface area contributed by atoms with E-state index < -0.39 is 0 Å². The molecule has 2 saturated heterocycles. The van der Waals surface area contributed by atoms with Crippen LogP contribution in [0.25, 0.3) is 0 Å². The third-order valence-corrected chi connectivity index (χ3v) is 6.01. The van der Waals surface area contributed by atoms with Gasteiger partial charge in [-0.15, -0.1) is 11.3 Å². The number of carbonyl (C=O) groups is 2. The number of hydrogen-bond acceptors (Lipinski definition) is 5. The van der Waals surface area contributed by atoms with E-state index in [2.05, 4.69) is 0 Å². The molecule has 4 heterocycles. The molecule has 0 radical (unpaired) electrons. The Hall–Kier alpha value is -1.76. The maximum absolute atomic E-state index is 12.9. The van der Waals surface area contributed by atoms with E-state index >= 15 is 0 Å². The predicted molar refractivity (Wildman–Crippen MR) is 85.1 cm³/mol. The zero-order valence-electron chi connectivity index (χ0n) is 13.2. The molecule has 0 aromatic carbocycles. The molecule has 2 fully saturated rings. The van der Waals surface area contributed by atoms with Crippen LogP contribution in [0.2, 0.25) is 0 Å². The standard InChI is InChI=1S/C16H20N2O4S/c1-17-5-2-3-16(15(17)20)4-6-18(10-16)14(19)13-12-11(9-23-13)21-7-8-22-12/h9H,2-8,10H2,1H3/t16-/m1/s1. The Morgan fingerprint density at radius 1 is 1.26 bits per heavy atom. The fraction of sp³-hybridized carbons (Fsp3) is 0.625. The first-order chi connectivity index (χ1) is 11.1. The molecule has 1 aromatic heterocycles. The molecule has 124 valence electrons. The van der Waals surface area contributed by atoms with Crippen LogP contribution in [0.4, 0.5) is 0 Å². The molecule has 6 nitrogen and oxygen atoms in total. The molecule has 7 heteroatoms. The maximum Gasteiger partial charge on any atom is 0.267 e. The zero-order chi connectivity index (χ0) is 16.0. The summed E-state index contributed by atoms with van der Waals surface area (Å²) < 4.78 is 11.1. The Bertz CT molecular complexity index is 659. The van der Waals surface area contributed by atoms with Crippen molar-refractivity contribution in [1.82, 2.24) is 9.80 Å². The summed E-state index contributed by atoms with van der Waals surface area (Å²) in [7, 11) is 1.86. The van der Waals surface area contributed by atoms with E-state index in [1.54, 1.807) is 9.80 Å². The van der Waals surface area contributed by atoms with Gasteiger partial charge < -0.3 is 19.3 Å². The second kappa shape index (κ2) is 5.40. The summed E-state index contributed by atoms with van der Waals surface area (Å²) in [4.78, 5) is 29.7. The number of carbonyl (C=O) groups excluding carboxylic acids is 2. The minimum Gasteiger partial charge on any atom is -0.485 e. The van der Waals surface area contributed by atoms with Crippen molar-refractivity contribution < 1.29 is 19.1 Å². The number of rotatable bonds is 1. The van der Waals surface area contributed by atoms with E-state index in [0.29, 0.717) is 42.7 Å². The number of thiophene rings is 1. The second-order valence-corrected chi connectivity index (χ2v) is 7.42. The van der Waals surface area contributed by atoms with Gasteiger partial charge in [0, 0.05) is 32.1 Å². The summed E-state index contributed by atoms with van der Waals surface area (Å²) in [6.45, 7) is 2.95. The van der Waals surface area contributed by atoms with Gasteiger partial charge in [-0.2, -0.15) is 0 Å². The minimum absolute atomic E-state index is 0.0420. The molecule has 0 saturated carbocycles. The molecule has 0 unspecified atom stereocenters. The van der Waals surface area contributed by atoms with Crippen LogP contribution in [0, 0.1) is 5.41 Å². The summed E-state index contributed by atoms with van der Waals surface area (Å²) in [6, 6.07) is 0. The van der Waals surface area contributed by atoms with Crippen molar-refractivity contribution in [2.45, 2.75) is 19.3 Å². The van der Waals surface area contributed by atoms with Crippen molar-refractivity contribution in [2.75, 3.05) is 39.9 Å². The van der Waals surface area contributed by atoms with Gasteiger partial charge in [0.15, 0.2) is 11.5 Å². The van der Waals surface area contributed by atoms with Crippen LogP contribution in [0.15, 0.2) is 5.38 Å². The topological polar surface area (TPSA) is 59.1 Å². The lowest BCUT2D eigenvalue weighted by molar-refractivity contribution is -0.143. The highest BCUT2D eigenvalue weighted by molar-refractivity contribution is 7.12. The van der Waals surface area contributed by atoms with Crippen LogP contribution >= 0.6 is 11.3 Å². The number of likely N-dealkylation sites (tertiary alicyclic amines) is 2. The normalized spacial score (nSPS) is 26.9. The smallest absolute Gasteiger partial charge is 0.267 e. The Morgan fingerprint density at radius 2 is 2.09 bits per heavy atom. The molecule has 3 aliphatic heterocycles. The van der Waals surface area contributed by atoms with Gasteiger partial charge >= 0.3 is 0 Å². The third kappa shape index (κ3) is 2.29. The summed E-state index contributed by atoms with van der Waals surface area (Å²) in [5, 5.41) is 1.83. The lowest BCUT2D eigenvalue weighted by Crippen LogP contribution is -2.48. The molecule has 1 atom stereocenters. The molecular weight excluding hydrogens is 316 g/mol. The number of hydrogen-bond donors (Lipinski definition) is 0. The highest BCUT2D eigenvalue weighted by Gasteiger charge is 2.49.